The van der Waals surface area contributed by atoms with Gasteiger partial charge in [-0.1, -0.05) is 0 Å². The van der Waals surface area contributed by atoms with Crippen molar-refractivity contribution < 1.29 is 22.4 Å². The van der Waals surface area contributed by atoms with Crippen LogP contribution in [-0.2, 0) is 6.18 Å². The van der Waals surface area contributed by atoms with Crippen LogP contribution in [0.4, 0.5) is 24.5 Å². The molecule has 7 heteroatoms. The van der Waals surface area contributed by atoms with Crippen LogP contribution in [0.5, 0.6) is 0 Å². The normalized spacial score (nSPS) is 11.3. The molecule has 2 aromatic rings. The first-order chi connectivity index (χ1) is 8.88. The van der Waals surface area contributed by atoms with Gasteiger partial charge < -0.3 is 15.5 Å². The van der Waals surface area contributed by atoms with Crippen molar-refractivity contribution in [2.45, 2.75) is 6.18 Å². The van der Waals surface area contributed by atoms with Crippen molar-refractivity contribution in [3.05, 3.63) is 47.9 Å². The molecular formula is C12H9F3N2O2. The van der Waals surface area contributed by atoms with E-state index in [9.17, 15) is 18.0 Å². The molecule has 1 amide bonds. The number of rotatable bonds is 2. The molecule has 0 fully saturated rings. The Morgan fingerprint density at radius 1 is 1.26 bits per heavy atom. The summed E-state index contributed by atoms with van der Waals surface area (Å²) in [6.07, 6.45) is -3.16. The maximum absolute atomic E-state index is 12.4. The van der Waals surface area contributed by atoms with E-state index in [-0.39, 0.29) is 17.1 Å². The van der Waals surface area contributed by atoms with E-state index in [0.29, 0.717) is 0 Å². The number of benzene rings is 1. The molecule has 1 aromatic heterocycles. The molecular weight excluding hydrogens is 261 g/mol. The SMILES string of the molecule is Nc1cc(C(F)(F)F)ccc1NC(=O)c1ccco1. The van der Waals surface area contributed by atoms with Crippen molar-refractivity contribution in [2.75, 3.05) is 11.1 Å². The highest BCUT2D eigenvalue weighted by Gasteiger charge is 2.30. The van der Waals surface area contributed by atoms with Crippen LogP contribution in [0, 0.1) is 0 Å². The Hall–Kier alpha value is -2.44. The first-order valence-corrected chi connectivity index (χ1v) is 5.19. The average Bonchev–Trinajstić information content (AvgIpc) is 2.84. The highest BCUT2D eigenvalue weighted by atomic mass is 19.4. The van der Waals surface area contributed by atoms with Gasteiger partial charge in [-0.05, 0) is 30.3 Å². The molecule has 1 aromatic carbocycles. The maximum atomic E-state index is 12.4. The van der Waals surface area contributed by atoms with Gasteiger partial charge in [0.15, 0.2) is 5.76 Å². The third kappa shape index (κ3) is 2.87. The topological polar surface area (TPSA) is 68.3 Å². The van der Waals surface area contributed by atoms with Crippen molar-refractivity contribution in [2.24, 2.45) is 0 Å². The highest BCUT2D eigenvalue weighted by Crippen LogP contribution is 2.32. The lowest BCUT2D eigenvalue weighted by atomic mass is 10.1. The molecule has 0 aliphatic rings. The fraction of sp³-hybridized carbons (Fsp3) is 0.0833. The number of hydrogen-bond acceptors (Lipinski definition) is 3. The maximum Gasteiger partial charge on any atom is 0.416 e. The van der Waals surface area contributed by atoms with Crippen LogP contribution in [0.1, 0.15) is 16.1 Å². The number of halogens is 3. The fourth-order valence-corrected chi connectivity index (χ4v) is 1.44. The van der Waals surface area contributed by atoms with E-state index < -0.39 is 17.6 Å². The number of amides is 1. The summed E-state index contributed by atoms with van der Waals surface area (Å²) in [5, 5.41) is 2.37. The molecule has 100 valence electrons. The molecule has 1 heterocycles. The van der Waals surface area contributed by atoms with Crippen molar-refractivity contribution in [1.82, 2.24) is 0 Å². The second kappa shape index (κ2) is 4.68. The minimum absolute atomic E-state index is 0.0410. The van der Waals surface area contributed by atoms with Crippen LogP contribution >= 0.6 is 0 Å². The van der Waals surface area contributed by atoms with Gasteiger partial charge in [-0.25, -0.2) is 0 Å². The molecule has 3 N–H and O–H groups in total. The largest absolute Gasteiger partial charge is 0.459 e. The van der Waals surface area contributed by atoms with Crippen molar-refractivity contribution >= 4 is 17.3 Å². The smallest absolute Gasteiger partial charge is 0.416 e. The lowest BCUT2D eigenvalue weighted by Crippen LogP contribution is -2.13. The van der Waals surface area contributed by atoms with E-state index in [4.69, 9.17) is 10.2 Å². The Labute approximate surface area is 106 Å². The van der Waals surface area contributed by atoms with Gasteiger partial charge in [0.2, 0.25) is 0 Å². The van der Waals surface area contributed by atoms with E-state index in [1.54, 1.807) is 0 Å². The predicted molar refractivity (Wildman–Crippen MR) is 62.5 cm³/mol. The third-order valence-corrected chi connectivity index (χ3v) is 2.37. The lowest BCUT2D eigenvalue weighted by Gasteiger charge is -2.11. The summed E-state index contributed by atoms with van der Waals surface area (Å²) >= 11 is 0. The van der Waals surface area contributed by atoms with Crippen LogP contribution in [0.15, 0.2) is 41.0 Å². The zero-order valence-electron chi connectivity index (χ0n) is 9.49. The summed E-state index contributed by atoms with van der Waals surface area (Å²) in [6, 6.07) is 5.64. The van der Waals surface area contributed by atoms with E-state index in [1.807, 2.05) is 0 Å². The standard InChI is InChI=1S/C12H9F3N2O2/c13-12(14,15)7-3-4-9(8(16)6-7)17-11(18)10-2-1-5-19-10/h1-6H,16H2,(H,17,18). The molecule has 0 atom stereocenters. The highest BCUT2D eigenvalue weighted by molar-refractivity contribution is 6.03. The van der Waals surface area contributed by atoms with Gasteiger partial charge in [-0.3, -0.25) is 4.79 Å². The van der Waals surface area contributed by atoms with Crippen molar-refractivity contribution in [3.63, 3.8) is 0 Å². The number of furan rings is 1. The summed E-state index contributed by atoms with van der Waals surface area (Å²) < 4.78 is 42.1. The first-order valence-electron chi connectivity index (χ1n) is 5.19. The first kappa shape index (κ1) is 13.0. The number of hydrogen-bond donors (Lipinski definition) is 2. The molecule has 0 aliphatic carbocycles. The Morgan fingerprint density at radius 3 is 2.53 bits per heavy atom. The summed E-state index contributed by atoms with van der Waals surface area (Å²) in [7, 11) is 0. The van der Waals surface area contributed by atoms with Gasteiger partial charge in [0, 0.05) is 0 Å². The summed E-state index contributed by atoms with van der Waals surface area (Å²) in [4.78, 5) is 11.6. The van der Waals surface area contributed by atoms with Crippen LogP contribution in [-0.4, -0.2) is 5.91 Å². The molecule has 19 heavy (non-hydrogen) atoms. The number of alkyl halides is 3. The minimum atomic E-state index is -4.47. The average molecular weight is 270 g/mol. The van der Waals surface area contributed by atoms with Gasteiger partial charge in [-0.2, -0.15) is 13.2 Å². The van der Waals surface area contributed by atoms with Crippen molar-refractivity contribution in [1.29, 1.82) is 0 Å². The second-order valence-electron chi connectivity index (χ2n) is 3.73. The summed E-state index contributed by atoms with van der Waals surface area (Å²) in [6.45, 7) is 0. The zero-order chi connectivity index (χ0) is 14.0. The number of nitrogens with two attached hydrogens (primary N) is 1. The van der Waals surface area contributed by atoms with Crippen LogP contribution < -0.4 is 11.1 Å². The van der Waals surface area contributed by atoms with Crippen LogP contribution in [0.25, 0.3) is 0 Å². The molecule has 2 rings (SSSR count). The van der Waals surface area contributed by atoms with Gasteiger partial charge >= 0.3 is 6.18 Å². The molecule has 0 unspecified atom stereocenters. The number of anilines is 2. The zero-order valence-corrected chi connectivity index (χ0v) is 9.49. The van der Waals surface area contributed by atoms with Gasteiger partial charge in [0.25, 0.3) is 5.91 Å². The molecule has 4 nitrogen and oxygen atoms in total. The second-order valence-corrected chi connectivity index (χ2v) is 3.73. The molecule has 0 radical (unpaired) electrons. The van der Waals surface area contributed by atoms with Crippen LogP contribution in [0.3, 0.4) is 0 Å². The van der Waals surface area contributed by atoms with Gasteiger partial charge in [0.05, 0.1) is 23.2 Å². The monoisotopic (exact) mass is 270 g/mol. The molecule has 0 aliphatic heterocycles. The molecule has 0 spiro atoms. The molecule has 0 saturated carbocycles. The molecule has 0 bridgehead atoms. The summed E-state index contributed by atoms with van der Waals surface area (Å²) in [5.74, 6) is -0.546. The fourth-order valence-electron chi connectivity index (χ4n) is 1.44. The number of carbonyl (C=O) groups excluding carboxylic acids is 1. The lowest BCUT2D eigenvalue weighted by molar-refractivity contribution is -0.137. The quantitative estimate of drug-likeness (QED) is 0.824. The molecule has 0 saturated heterocycles. The van der Waals surface area contributed by atoms with Gasteiger partial charge in [0.1, 0.15) is 0 Å². The number of nitrogen functional groups attached to an aromatic ring is 1. The Kier molecular flexibility index (Phi) is 3.20. The predicted octanol–water partition coefficient (Wildman–Crippen LogP) is 3.13. The van der Waals surface area contributed by atoms with E-state index in [1.165, 1.54) is 18.4 Å². The Balaban J connectivity index is 2.21. The Bertz CT molecular complexity index is 592. The Morgan fingerprint density at radius 2 is 2.00 bits per heavy atom. The van der Waals surface area contributed by atoms with E-state index in [0.717, 1.165) is 18.2 Å². The van der Waals surface area contributed by atoms with Crippen LogP contribution in [0.2, 0.25) is 0 Å². The van der Waals surface area contributed by atoms with Crippen molar-refractivity contribution in [3.8, 4) is 0 Å². The van der Waals surface area contributed by atoms with E-state index >= 15 is 0 Å². The van der Waals surface area contributed by atoms with E-state index in [2.05, 4.69) is 5.32 Å². The number of carbonyl (C=O) groups is 1. The summed E-state index contributed by atoms with van der Waals surface area (Å²) in [5.41, 5.74) is 4.52. The van der Waals surface area contributed by atoms with Gasteiger partial charge in [-0.15, -0.1) is 0 Å². The number of nitrogens with one attached hydrogen (secondary N) is 1. The third-order valence-electron chi connectivity index (χ3n) is 2.37. The minimum Gasteiger partial charge on any atom is -0.459 e.